The molecule has 0 radical (unpaired) electrons. The Morgan fingerprint density at radius 2 is 1.33 bits per heavy atom. The Morgan fingerprint density at radius 3 is 1.83 bits per heavy atom. The van der Waals surface area contributed by atoms with Gasteiger partial charge >= 0.3 is 0 Å². The van der Waals surface area contributed by atoms with Gasteiger partial charge in [0, 0.05) is 25.0 Å². The van der Waals surface area contributed by atoms with Crippen molar-refractivity contribution in [2.45, 2.75) is 124 Å². The van der Waals surface area contributed by atoms with E-state index >= 15 is 0 Å². The summed E-state index contributed by atoms with van der Waals surface area (Å²) in [6.45, 7) is 31.5. The lowest BCUT2D eigenvalue weighted by Gasteiger charge is -2.49. The second kappa shape index (κ2) is 18.1. The van der Waals surface area contributed by atoms with Crippen LogP contribution in [0.1, 0.15) is 81.7 Å². The van der Waals surface area contributed by atoms with Crippen molar-refractivity contribution in [2.24, 2.45) is 17.8 Å². The summed E-state index contributed by atoms with van der Waals surface area (Å²) in [7, 11) is -3.06. The third kappa shape index (κ3) is 10.8. The Balaban J connectivity index is 1.62. The van der Waals surface area contributed by atoms with Crippen LogP contribution < -0.4 is 15.1 Å². The molecule has 1 fully saturated rings. The van der Waals surface area contributed by atoms with E-state index < -0.39 is 22.4 Å². The summed E-state index contributed by atoms with van der Waals surface area (Å²) in [6.07, 6.45) is 2.04. The second-order valence-electron chi connectivity index (χ2n) is 18.5. The van der Waals surface area contributed by atoms with Crippen LogP contribution in [0.15, 0.2) is 96.6 Å². The van der Waals surface area contributed by atoms with Gasteiger partial charge in [0.25, 0.3) is 8.32 Å². The highest BCUT2D eigenvalue weighted by Crippen LogP contribution is 2.42. The van der Waals surface area contributed by atoms with E-state index in [1.807, 2.05) is 26.0 Å². The minimum atomic E-state index is -2.68. The largest absolute Gasteiger partial charge is 0.497 e. The van der Waals surface area contributed by atoms with Gasteiger partial charge in [0.2, 0.25) is 0 Å². The maximum atomic E-state index is 7.35. The first-order chi connectivity index (χ1) is 25.2. The molecule has 6 nitrogen and oxygen atoms in total. The van der Waals surface area contributed by atoms with Gasteiger partial charge in [-0.3, -0.25) is 0 Å². The van der Waals surface area contributed by atoms with Crippen molar-refractivity contribution in [3.8, 4) is 5.75 Å². The van der Waals surface area contributed by atoms with Crippen LogP contribution in [0, 0.1) is 17.8 Å². The van der Waals surface area contributed by atoms with Crippen LogP contribution in [-0.4, -0.2) is 61.6 Å². The van der Waals surface area contributed by atoms with Crippen molar-refractivity contribution < 1.29 is 27.8 Å². The second-order valence-corrected chi connectivity index (χ2v) is 27.6. The van der Waals surface area contributed by atoms with E-state index in [-0.39, 0.29) is 40.0 Å². The topological polar surface area (TPSA) is 55.4 Å². The molecule has 0 aliphatic carbocycles. The van der Waals surface area contributed by atoms with Crippen LogP contribution in [0.4, 0.5) is 0 Å². The summed E-state index contributed by atoms with van der Waals surface area (Å²) < 4.78 is 39.7. The van der Waals surface area contributed by atoms with Crippen LogP contribution in [0.3, 0.4) is 0 Å². The maximum absolute atomic E-state index is 7.35. The lowest BCUT2D eigenvalue weighted by molar-refractivity contribution is -0.326. The van der Waals surface area contributed by atoms with Crippen molar-refractivity contribution in [3.05, 3.63) is 102 Å². The van der Waals surface area contributed by atoms with Crippen LogP contribution in [0.2, 0.25) is 23.2 Å². The molecule has 0 unspecified atom stereocenters. The minimum absolute atomic E-state index is 0.0206. The maximum Gasteiger partial charge on any atom is 0.261 e. The molecule has 0 N–H and O–H groups in total. The van der Waals surface area contributed by atoms with E-state index in [2.05, 4.69) is 154 Å². The molecule has 3 aromatic rings. The summed E-state index contributed by atoms with van der Waals surface area (Å²) in [5, 5.41) is 2.57. The van der Waals surface area contributed by atoms with Crippen molar-refractivity contribution in [2.75, 3.05) is 26.9 Å². The molecule has 3 aromatic carbocycles. The Hall–Kier alpha value is -2.57. The molecule has 0 spiro atoms. The van der Waals surface area contributed by atoms with Gasteiger partial charge in [-0.05, 0) is 83.5 Å². The zero-order valence-corrected chi connectivity index (χ0v) is 37.8. The van der Waals surface area contributed by atoms with E-state index in [0.717, 1.165) is 11.3 Å². The summed E-state index contributed by atoms with van der Waals surface area (Å²) in [5.74, 6) is 0.287. The highest BCUT2D eigenvalue weighted by Gasteiger charge is 2.51. The molecule has 0 bridgehead atoms. The highest BCUT2D eigenvalue weighted by molar-refractivity contribution is 6.99. The van der Waals surface area contributed by atoms with Gasteiger partial charge in [-0.1, -0.05) is 134 Å². The van der Waals surface area contributed by atoms with E-state index in [1.54, 1.807) is 7.11 Å². The molecule has 54 heavy (non-hydrogen) atoms. The van der Waals surface area contributed by atoms with Gasteiger partial charge in [0.05, 0.1) is 32.5 Å². The number of rotatable bonds is 16. The van der Waals surface area contributed by atoms with Crippen molar-refractivity contribution in [1.82, 2.24) is 0 Å². The Labute approximate surface area is 330 Å². The number of ether oxygens (including phenoxy) is 4. The predicted molar refractivity (Wildman–Crippen MR) is 229 cm³/mol. The molecule has 1 saturated heterocycles. The van der Waals surface area contributed by atoms with Crippen LogP contribution in [0.5, 0.6) is 5.75 Å². The summed E-state index contributed by atoms with van der Waals surface area (Å²) in [5.41, 5.74) is 2.30. The Morgan fingerprint density at radius 1 is 0.778 bits per heavy atom. The molecule has 298 valence electrons. The molecule has 8 heteroatoms. The average molecular weight is 775 g/mol. The fourth-order valence-corrected chi connectivity index (χ4v) is 13.2. The monoisotopic (exact) mass is 774 g/mol. The van der Waals surface area contributed by atoms with Gasteiger partial charge in [0.1, 0.15) is 5.75 Å². The van der Waals surface area contributed by atoms with E-state index in [9.17, 15) is 0 Å². The van der Waals surface area contributed by atoms with Crippen LogP contribution in [0.25, 0.3) is 0 Å². The molecule has 1 aliphatic rings. The molecule has 1 aliphatic heterocycles. The first-order valence-electron chi connectivity index (χ1n) is 19.8. The van der Waals surface area contributed by atoms with Crippen LogP contribution >= 0.6 is 0 Å². The first-order valence-corrected chi connectivity index (χ1v) is 24.7. The van der Waals surface area contributed by atoms with Crippen molar-refractivity contribution in [3.63, 3.8) is 0 Å². The standard InChI is InChI=1S/C46H70O6Si2/c1-34(30-50-54(45(7,8)9,39-21-17-15-18-22-39)40-23-19-16-20-24-40)29-35(2)42-41(33-49-53(13,14)44(4,5)6)43(52-46(10,11)51-42)36(3)31-48-32-37-25-27-38(47-12)28-26-37/h15-29,34,36,41-43H,30-33H2,1-14H3/b35-29+/t34-,36-,41-,42-,43+/m1/s1. The molecule has 5 atom stereocenters. The van der Waals surface area contributed by atoms with Gasteiger partial charge in [0.15, 0.2) is 14.1 Å². The van der Waals surface area contributed by atoms with E-state index in [0.29, 0.717) is 26.4 Å². The lowest BCUT2D eigenvalue weighted by atomic mass is 9.83. The number of hydrogen-bond acceptors (Lipinski definition) is 6. The van der Waals surface area contributed by atoms with E-state index in [1.165, 1.54) is 15.9 Å². The fraction of sp³-hybridized carbons (Fsp3) is 0.565. The first kappa shape index (κ1) is 44.2. The molecule has 0 amide bonds. The molecule has 1 heterocycles. The Bertz CT molecular complexity index is 1570. The highest BCUT2D eigenvalue weighted by atomic mass is 28.4. The average Bonchev–Trinajstić information content (AvgIpc) is 3.10. The molecule has 0 aromatic heterocycles. The quantitative estimate of drug-likeness (QED) is 0.107. The zero-order valence-electron chi connectivity index (χ0n) is 35.8. The van der Waals surface area contributed by atoms with Gasteiger partial charge in [-0.15, -0.1) is 0 Å². The summed E-state index contributed by atoms with van der Waals surface area (Å²) in [4.78, 5) is 0. The third-order valence-electron chi connectivity index (χ3n) is 11.4. The number of hydrogen-bond donors (Lipinski definition) is 0. The smallest absolute Gasteiger partial charge is 0.261 e. The normalized spacial score (nSPS) is 21.1. The fourth-order valence-electron chi connectivity index (χ4n) is 7.47. The number of benzene rings is 3. The summed E-state index contributed by atoms with van der Waals surface area (Å²) >= 11 is 0. The zero-order chi connectivity index (χ0) is 40.0. The minimum Gasteiger partial charge on any atom is -0.497 e. The SMILES string of the molecule is COc1ccc(COC[C@@H](C)[C@@H]2OC(C)(C)O[C@H](/C(C)=C/[C@@H](C)CO[Si](c3ccccc3)(c3ccccc3)C(C)(C)C)[C@H]2CO[Si](C)(C)C(C)(C)C)cc1. The number of methoxy groups -OCH3 is 1. The van der Waals surface area contributed by atoms with Gasteiger partial charge in [-0.2, -0.15) is 0 Å². The van der Waals surface area contributed by atoms with Gasteiger partial charge < -0.3 is 27.8 Å². The summed E-state index contributed by atoms with van der Waals surface area (Å²) in [6, 6.07) is 29.8. The molecular weight excluding hydrogens is 705 g/mol. The Kier molecular flexibility index (Phi) is 14.8. The van der Waals surface area contributed by atoms with Crippen molar-refractivity contribution in [1.29, 1.82) is 0 Å². The molecule has 4 rings (SSSR count). The lowest BCUT2D eigenvalue weighted by Crippen LogP contribution is -2.66. The van der Waals surface area contributed by atoms with Crippen LogP contribution in [-0.2, 0) is 29.7 Å². The molecular formula is C46H70O6Si2. The van der Waals surface area contributed by atoms with Gasteiger partial charge in [-0.25, -0.2) is 0 Å². The molecule has 0 saturated carbocycles. The predicted octanol–water partition coefficient (Wildman–Crippen LogP) is 10.2. The third-order valence-corrected chi connectivity index (χ3v) is 20.9. The van der Waals surface area contributed by atoms with E-state index in [4.69, 9.17) is 27.8 Å². The van der Waals surface area contributed by atoms with Crippen molar-refractivity contribution >= 4 is 27.0 Å².